The zero-order valence-electron chi connectivity index (χ0n) is 8.09. The number of rotatable bonds is 1. The molecule has 0 amide bonds. The van der Waals surface area contributed by atoms with Crippen LogP contribution in [0.5, 0.6) is 0 Å². The Morgan fingerprint density at radius 2 is 2.00 bits per heavy atom. The Morgan fingerprint density at radius 1 is 1.45 bits per heavy atom. The third-order valence-corrected chi connectivity index (χ3v) is 3.48. The molecule has 11 heavy (non-hydrogen) atoms. The van der Waals surface area contributed by atoms with Crippen molar-refractivity contribution in [1.29, 1.82) is 0 Å². The molecule has 1 aliphatic rings. The highest BCUT2D eigenvalue weighted by Crippen LogP contribution is 2.35. The van der Waals surface area contributed by atoms with Crippen molar-refractivity contribution in [1.82, 2.24) is 0 Å². The van der Waals surface area contributed by atoms with Gasteiger partial charge >= 0.3 is 0 Å². The first-order valence-electron chi connectivity index (χ1n) is 4.38. The van der Waals surface area contributed by atoms with Gasteiger partial charge in [0.1, 0.15) is 6.04 Å². The van der Waals surface area contributed by atoms with E-state index in [4.69, 9.17) is 5.11 Å². The van der Waals surface area contributed by atoms with Gasteiger partial charge in [0, 0.05) is 0 Å². The van der Waals surface area contributed by atoms with E-state index in [0.717, 1.165) is 4.48 Å². The fourth-order valence-corrected chi connectivity index (χ4v) is 1.85. The molecule has 2 nitrogen and oxygen atoms in total. The molecule has 0 saturated carbocycles. The van der Waals surface area contributed by atoms with Crippen molar-refractivity contribution < 1.29 is 9.59 Å². The molecule has 1 fully saturated rings. The molecule has 1 unspecified atom stereocenters. The first kappa shape index (κ1) is 9.01. The normalized spacial score (nSPS) is 38.5. The van der Waals surface area contributed by atoms with Gasteiger partial charge in [-0.3, -0.25) is 0 Å². The number of hydrogen-bond donors (Lipinski definition) is 1. The fraction of sp³-hybridized carbons (Fsp3) is 1.00. The van der Waals surface area contributed by atoms with E-state index in [0.29, 0.717) is 12.6 Å². The van der Waals surface area contributed by atoms with Crippen LogP contribution in [0.25, 0.3) is 0 Å². The molecule has 1 aliphatic heterocycles. The minimum atomic E-state index is 0.283. The molecule has 66 valence electrons. The number of hydrogen-bond acceptors (Lipinski definition) is 1. The summed E-state index contributed by atoms with van der Waals surface area (Å²) >= 11 is 0. The molecule has 0 aromatic heterocycles. The lowest BCUT2D eigenvalue weighted by molar-refractivity contribution is -1.01. The monoisotopic (exact) mass is 158 g/mol. The summed E-state index contributed by atoms with van der Waals surface area (Å²) in [7, 11) is 2.24. The highest BCUT2D eigenvalue weighted by molar-refractivity contribution is 4.76. The number of likely N-dealkylation sites (N-methyl/N-ethyl adjacent to an activating group) is 1. The van der Waals surface area contributed by atoms with Gasteiger partial charge in [0.25, 0.3) is 0 Å². The zero-order chi connectivity index (χ0) is 8.70. The van der Waals surface area contributed by atoms with Gasteiger partial charge < -0.3 is 9.59 Å². The molecule has 1 saturated heterocycles. The van der Waals surface area contributed by atoms with Crippen molar-refractivity contribution in [3.05, 3.63) is 0 Å². The number of quaternary nitrogens is 1. The minimum Gasteiger partial charge on any atom is -0.390 e. The molecule has 2 heteroatoms. The molecule has 1 N–H and O–H groups in total. The fourth-order valence-electron chi connectivity index (χ4n) is 1.85. The second kappa shape index (κ2) is 2.46. The van der Waals surface area contributed by atoms with Gasteiger partial charge in [0.15, 0.2) is 0 Å². The molecule has 1 rings (SSSR count). The highest BCUT2D eigenvalue weighted by Gasteiger charge is 2.49. The Kier molecular flexibility index (Phi) is 2.01. The molecular weight excluding hydrogens is 138 g/mol. The van der Waals surface area contributed by atoms with Gasteiger partial charge in [0.05, 0.1) is 32.2 Å². The highest BCUT2D eigenvalue weighted by atomic mass is 16.3. The molecule has 0 aliphatic carbocycles. The van der Waals surface area contributed by atoms with E-state index in [9.17, 15) is 0 Å². The Labute approximate surface area is 69.4 Å². The Bertz CT molecular complexity index is 148. The Balaban J connectivity index is 2.68. The maximum absolute atomic E-state index is 9.07. The molecule has 0 spiro atoms. The van der Waals surface area contributed by atoms with Crippen molar-refractivity contribution >= 4 is 0 Å². The Hall–Kier alpha value is -0.0800. The van der Waals surface area contributed by atoms with Gasteiger partial charge in [-0.15, -0.1) is 0 Å². The van der Waals surface area contributed by atoms with Gasteiger partial charge in [0.2, 0.25) is 0 Å². The van der Waals surface area contributed by atoms with Gasteiger partial charge in [-0.25, -0.2) is 0 Å². The quantitative estimate of drug-likeness (QED) is 0.564. The molecule has 0 aromatic rings. The first-order chi connectivity index (χ1) is 4.92. The summed E-state index contributed by atoms with van der Waals surface area (Å²) in [6.07, 6.45) is 1.18. The number of likely N-dealkylation sites (tertiary alicyclic amines) is 1. The summed E-state index contributed by atoms with van der Waals surface area (Å²) in [5.74, 6) is 0. The van der Waals surface area contributed by atoms with Crippen LogP contribution in [0.15, 0.2) is 0 Å². The lowest BCUT2D eigenvalue weighted by atomic mass is 9.89. The zero-order valence-corrected chi connectivity index (χ0v) is 8.09. The van der Waals surface area contributed by atoms with E-state index in [1.165, 1.54) is 13.0 Å². The van der Waals surface area contributed by atoms with Crippen molar-refractivity contribution in [3.8, 4) is 0 Å². The van der Waals surface area contributed by atoms with Crippen LogP contribution < -0.4 is 0 Å². The second-order valence-corrected chi connectivity index (χ2v) is 4.79. The topological polar surface area (TPSA) is 20.2 Å². The maximum Gasteiger partial charge on any atom is 0.118 e. The number of nitrogens with zero attached hydrogens (tertiary/aromatic N) is 1. The van der Waals surface area contributed by atoms with Crippen LogP contribution in [0.4, 0.5) is 0 Å². The van der Waals surface area contributed by atoms with E-state index < -0.39 is 0 Å². The van der Waals surface area contributed by atoms with Gasteiger partial charge in [-0.1, -0.05) is 0 Å². The maximum atomic E-state index is 9.07. The van der Waals surface area contributed by atoms with Crippen LogP contribution in [0.1, 0.15) is 27.2 Å². The summed E-state index contributed by atoms with van der Waals surface area (Å²) in [4.78, 5) is 0. The standard InChI is InChI=1S/C9H20NO/c1-9(2,3)10(4)6-5-8(10)7-11/h8,11H,5-7H2,1-4H3/q+1/t8-,10?/m0/s1. The summed E-state index contributed by atoms with van der Waals surface area (Å²) in [5.41, 5.74) is 0.283. The molecule has 0 radical (unpaired) electrons. The van der Waals surface area contributed by atoms with E-state index in [-0.39, 0.29) is 5.54 Å². The van der Waals surface area contributed by atoms with Crippen molar-refractivity contribution in [3.63, 3.8) is 0 Å². The van der Waals surface area contributed by atoms with E-state index in [2.05, 4.69) is 27.8 Å². The molecule has 0 bridgehead atoms. The third-order valence-electron chi connectivity index (χ3n) is 3.48. The average Bonchev–Trinajstić information content (AvgIpc) is 1.83. The number of aliphatic hydroxyl groups excluding tert-OH is 1. The van der Waals surface area contributed by atoms with Crippen LogP contribution in [0.2, 0.25) is 0 Å². The minimum absolute atomic E-state index is 0.283. The largest absolute Gasteiger partial charge is 0.390 e. The van der Waals surface area contributed by atoms with Crippen molar-refractivity contribution in [2.45, 2.75) is 38.8 Å². The Morgan fingerprint density at radius 3 is 2.09 bits per heavy atom. The van der Waals surface area contributed by atoms with Crippen LogP contribution in [-0.2, 0) is 0 Å². The van der Waals surface area contributed by atoms with Crippen LogP contribution in [-0.4, -0.2) is 41.4 Å². The second-order valence-electron chi connectivity index (χ2n) is 4.79. The predicted molar refractivity (Wildman–Crippen MR) is 46.3 cm³/mol. The third kappa shape index (κ3) is 1.18. The van der Waals surface area contributed by atoms with Crippen molar-refractivity contribution in [2.75, 3.05) is 20.2 Å². The first-order valence-corrected chi connectivity index (χ1v) is 4.38. The van der Waals surface area contributed by atoms with Crippen LogP contribution in [0, 0.1) is 0 Å². The summed E-state index contributed by atoms with van der Waals surface area (Å²) in [5, 5.41) is 9.07. The molecule has 2 atom stereocenters. The van der Waals surface area contributed by atoms with E-state index in [1.807, 2.05) is 0 Å². The van der Waals surface area contributed by atoms with Crippen LogP contribution in [0.3, 0.4) is 0 Å². The lowest BCUT2D eigenvalue weighted by Crippen LogP contribution is -2.71. The van der Waals surface area contributed by atoms with E-state index >= 15 is 0 Å². The SMILES string of the molecule is CC(C)(C)[N+]1(C)CC[C@H]1CO. The average molecular weight is 158 g/mol. The summed E-state index contributed by atoms with van der Waals surface area (Å²) in [6, 6.07) is 0.481. The predicted octanol–water partition coefficient (Wildman–Crippen LogP) is 0.996. The summed E-state index contributed by atoms with van der Waals surface area (Å²) in [6.45, 7) is 8.29. The van der Waals surface area contributed by atoms with Crippen LogP contribution >= 0.6 is 0 Å². The van der Waals surface area contributed by atoms with Crippen molar-refractivity contribution in [2.24, 2.45) is 0 Å². The van der Waals surface area contributed by atoms with Gasteiger partial charge in [-0.2, -0.15) is 0 Å². The molecule has 0 aromatic carbocycles. The van der Waals surface area contributed by atoms with E-state index in [1.54, 1.807) is 0 Å². The van der Waals surface area contributed by atoms with Gasteiger partial charge in [-0.05, 0) is 20.8 Å². The number of aliphatic hydroxyl groups is 1. The molecule has 1 heterocycles. The summed E-state index contributed by atoms with van der Waals surface area (Å²) < 4.78 is 1.03. The molecular formula is C9H20NO+. The smallest absolute Gasteiger partial charge is 0.118 e. The lowest BCUT2D eigenvalue weighted by Gasteiger charge is -2.57.